The molecule has 1 amide bonds. The molecule has 10 heteroatoms. The molecule has 0 bridgehead atoms. The van der Waals surface area contributed by atoms with Crippen molar-refractivity contribution in [3.8, 4) is 0 Å². The summed E-state index contributed by atoms with van der Waals surface area (Å²) >= 11 is 6.02. The average Bonchev–Trinajstić information content (AvgIpc) is 3.22. The summed E-state index contributed by atoms with van der Waals surface area (Å²) in [6.45, 7) is 1.43. The molecule has 0 unspecified atom stereocenters. The van der Waals surface area contributed by atoms with Crippen molar-refractivity contribution in [2.45, 2.75) is 12.8 Å². The van der Waals surface area contributed by atoms with Gasteiger partial charge in [0.25, 0.3) is 0 Å². The van der Waals surface area contributed by atoms with Crippen LogP contribution in [0.25, 0.3) is 5.65 Å². The van der Waals surface area contributed by atoms with Gasteiger partial charge in [0.2, 0.25) is 5.91 Å². The smallest absolute Gasteiger partial charge is 0.339 e. The van der Waals surface area contributed by atoms with E-state index in [1.54, 1.807) is 23.0 Å². The Morgan fingerprint density at radius 2 is 2.00 bits per heavy atom. The quantitative estimate of drug-likeness (QED) is 0.654. The fourth-order valence-corrected chi connectivity index (χ4v) is 3.57. The number of hydrogen-bond acceptors (Lipinski definition) is 7. The highest BCUT2D eigenvalue weighted by atomic mass is 35.5. The van der Waals surface area contributed by atoms with Gasteiger partial charge in [-0.15, -0.1) is 15.3 Å². The number of anilines is 2. The van der Waals surface area contributed by atoms with Crippen molar-refractivity contribution in [1.82, 2.24) is 19.8 Å². The molecule has 0 radical (unpaired) electrons. The van der Waals surface area contributed by atoms with Gasteiger partial charge in [0.05, 0.1) is 17.7 Å². The van der Waals surface area contributed by atoms with Crippen LogP contribution in [0, 0.1) is 5.92 Å². The average molecular weight is 415 g/mol. The van der Waals surface area contributed by atoms with Crippen LogP contribution in [0.3, 0.4) is 0 Å². The summed E-state index contributed by atoms with van der Waals surface area (Å²) in [6.07, 6.45) is 2.96. The van der Waals surface area contributed by atoms with E-state index in [-0.39, 0.29) is 22.4 Å². The molecule has 1 aliphatic rings. The van der Waals surface area contributed by atoms with E-state index in [2.05, 4.69) is 25.5 Å². The van der Waals surface area contributed by atoms with E-state index < -0.39 is 5.97 Å². The van der Waals surface area contributed by atoms with Gasteiger partial charge in [0.1, 0.15) is 12.1 Å². The Labute approximate surface area is 171 Å². The van der Waals surface area contributed by atoms with Crippen molar-refractivity contribution >= 4 is 40.6 Å². The topological polar surface area (TPSA) is 102 Å². The van der Waals surface area contributed by atoms with Crippen LogP contribution in [0.4, 0.5) is 11.5 Å². The molecule has 3 aromatic rings. The first-order valence-electron chi connectivity index (χ1n) is 9.16. The molecule has 1 fully saturated rings. The lowest BCUT2D eigenvalue weighted by atomic mass is 9.95. The highest BCUT2D eigenvalue weighted by Gasteiger charge is 2.26. The highest BCUT2D eigenvalue weighted by molar-refractivity contribution is 6.33. The zero-order chi connectivity index (χ0) is 20.4. The molecule has 0 saturated carbocycles. The molecule has 0 spiro atoms. The highest BCUT2D eigenvalue weighted by Crippen LogP contribution is 2.25. The zero-order valence-electron chi connectivity index (χ0n) is 15.7. The Balaban J connectivity index is 1.38. The van der Waals surface area contributed by atoms with E-state index in [9.17, 15) is 9.59 Å². The number of ether oxygens (including phenoxy) is 1. The Morgan fingerprint density at radius 3 is 2.76 bits per heavy atom. The monoisotopic (exact) mass is 414 g/mol. The normalized spacial score (nSPS) is 14.8. The van der Waals surface area contributed by atoms with Gasteiger partial charge in [0, 0.05) is 24.7 Å². The molecule has 29 heavy (non-hydrogen) atoms. The minimum atomic E-state index is -0.544. The Morgan fingerprint density at radius 1 is 1.21 bits per heavy atom. The Kier molecular flexibility index (Phi) is 5.30. The van der Waals surface area contributed by atoms with Crippen LogP contribution in [0.5, 0.6) is 0 Å². The van der Waals surface area contributed by atoms with Crippen molar-refractivity contribution < 1.29 is 14.3 Å². The third-order valence-electron chi connectivity index (χ3n) is 4.98. The summed E-state index contributed by atoms with van der Waals surface area (Å²) in [5.74, 6) is 0.0840. The number of methoxy groups -OCH3 is 1. The van der Waals surface area contributed by atoms with Crippen LogP contribution < -0.4 is 10.2 Å². The number of nitrogens with one attached hydrogen (secondary N) is 1. The van der Waals surface area contributed by atoms with Crippen molar-refractivity contribution in [1.29, 1.82) is 0 Å². The van der Waals surface area contributed by atoms with Crippen LogP contribution >= 0.6 is 11.6 Å². The van der Waals surface area contributed by atoms with Gasteiger partial charge in [-0.3, -0.25) is 4.79 Å². The van der Waals surface area contributed by atoms with Crippen molar-refractivity contribution in [2.24, 2.45) is 5.92 Å². The molecule has 1 saturated heterocycles. The molecular weight excluding hydrogens is 396 g/mol. The number of halogens is 1. The maximum absolute atomic E-state index is 12.7. The van der Waals surface area contributed by atoms with E-state index in [1.807, 2.05) is 12.1 Å². The third-order valence-corrected chi connectivity index (χ3v) is 5.31. The van der Waals surface area contributed by atoms with Crippen LogP contribution in [0.2, 0.25) is 5.02 Å². The minimum Gasteiger partial charge on any atom is -0.465 e. The predicted octanol–water partition coefficient (Wildman–Crippen LogP) is 2.42. The number of carbonyl (C=O) groups excluding carboxylic acids is 2. The number of aromatic nitrogens is 4. The standard InChI is InChI=1S/C19H19ClN6O3/c1-29-19(28)14-10-13(2-3-15(14)20)22-18(27)12-6-8-25(9-7-12)17-5-4-16-23-21-11-26(16)24-17/h2-5,10-12H,6-9H2,1H3,(H,22,27). The zero-order valence-corrected chi connectivity index (χ0v) is 16.5. The molecule has 150 valence electrons. The second kappa shape index (κ2) is 8.04. The number of rotatable bonds is 4. The van der Waals surface area contributed by atoms with Gasteiger partial charge in [-0.2, -0.15) is 4.52 Å². The van der Waals surface area contributed by atoms with Crippen molar-refractivity contribution in [2.75, 3.05) is 30.4 Å². The first kappa shape index (κ1) is 19.1. The van der Waals surface area contributed by atoms with Gasteiger partial charge in [0.15, 0.2) is 5.65 Å². The second-order valence-corrected chi connectivity index (χ2v) is 7.17. The number of piperidine rings is 1. The largest absolute Gasteiger partial charge is 0.465 e. The summed E-state index contributed by atoms with van der Waals surface area (Å²) < 4.78 is 6.34. The molecule has 1 aromatic carbocycles. The van der Waals surface area contributed by atoms with E-state index in [1.165, 1.54) is 13.2 Å². The third kappa shape index (κ3) is 4.00. The fraction of sp³-hybridized carbons (Fsp3) is 0.316. The molecule has 1 aliphatic heterocycles. The molecule has 0 aliphatic carbocycles. The second-order valence-electron chi connectivity index (χ2n) is 6.76. The van der Waals surface area contributed by atoms with Crippen LogP contribution in [0.1, 0.15) is 23.2 Å². The van der Waals surface area contributed by atoms with E-state index >= 15 is 0 Å². The maximum Gasteiger partial charge on any atom is 0.339 e. The molecular formula is C19H19ClN6O3. The molecule has 1 N–H and O–H groups in total. The lowest BCUT2D eigenvalue weighted by molar-refractivity contribution is -0.120. The van der Waals surface area contributed by atoms with Gasteiger partial charge >= 0.3 is 5.97 Å². The van der Waals surface area contributed by atoms with Crippen molar-refractivity contribution in [3.63, 3.8) is 0 Å². The number of benzene rings is 1. The molecule has 9 nitrogen and oxygen atoms in total. The van der Waals surface area contributed by atoms with Crippen molar-refractivity contribution in [3.05, 3.63) is 47.2 Å². The number of amides is 1. The van der Waals surface area contributed by atoms with Gasteiger partial charge in [-0.05, 0) is 43.2 Å². The van der Waals surface area contributed by atoms with E-state index in [0.717, 1.165) is 5.82 Å². The molecule has 3 heterocycles. The Hall–Kier alpha value is -3.20. The molecule has 2 aromatic heterocycles. The lowest BCUT2D eigenvalue weighted by Gasteiger charge is -2.32. The summed E-state index contributed by atoms with van der Waals surface area (Å²) in [7, 11) is 1.29. The summed E-state index contributed by atoms with van der Waals surface area (Å²) in [4.78, 5) is 26.6. The van der Waals surface area contributed by atoms with Gasteiger partial charge in [-0.25, -0.2) is 4.79 Å². The molecule has 0 atom stereocenters. The first-order valence-corrected chi connectivity index (χ1v) is 9.53. The fourth-order valence-electron chi connectivity index (χ4n) is 3.37. The number of nitrogens with zero attached hydrogens (tertiary/aromatic N) is 5. The first-order chi connectivity index (χ1) is 14.0. The lowest BCUT2D eigenvalue weighted by Crippen LogP contribution is -2.38. The number of fused-ring (bicyclic) bond motifs is 1. The van der Waals surface area contributed by atoms with E-state index in [0.29, 0.717) is 37.3 Å². The summed E-state index contributed by atoms with van der Waals surface area (Å²) in [5, 5.41) is 15.4. The number of carbonyl (C=O) groups is 2. The Bertz CT molecular complexity index is 1060. The van der Waals surface area contributed by atoms with Crippen LogP contribution in [0.15, 0.2) is 36.7 Å². The number of hydrogen-bond donors (Lipinski definition) is 1. The minimum absolute atomic E-state index is 0.0787. The molecule has 4 rings (SSSR count). The van der Waals surface area contributed by atoms with Gasteiger partial charge in [-0.1, -0.05) is 11.6 Å². The summed E-state index contributed by atoms with van der Waals surface area (Å²) in [5.41, 5.74) is 1.43. The predicted molar refractivity (Wildman–Crippen MR) is 107 cm³/mol. The number of esters is 1. The van der Waals surface area contributed by atoms with Gasteiger partial charge < -0.3 is 15.0 Å². The van der Waals surface area contributed by atoms with E-state index in [4.69, 9.17) is 16.3 Å². The summed E-state index contributed by atoms with van der Waals surface area (Å²) in [6, 6.07) is 8.54. The van der Waals surface area contributed by atoms with Crippen LogP contribution in [-0.4, -0.2) is 51.9 Å². The maximum atomic E-state index is 12.7. The van der Waals surface area contributed by atoms with Crippen LogP contribution in [-0.2, 0) is 9.53 Å². The SMILES string of the molecule is COC(=O)c1cc(NC(=O)C2CCN(c3ccc4nncn4n3)CC2)ccc1Cl.